The Bertz CT molecular complexity index is 498. The number of hydrogen-bond donors (Lipinski definition) is 0. The predicted octanol–water partition coefficient (Wildman–Crippen LogP) is 5.14. The molecule has 1 aromatic carbocycles. The lowest BCUT2D eigenvalue weighted by Crippen LogP contribution is -2.37. The van der Waals surface area contributed by atoms with Crippen molar-refractivity contribution >= 4 is 29.0 Å². The third-order valence-corrected chi connectivity index (χ3v) is 4.29. The van der Waals surface area contributed by atoms with E-state index in [2.05, 4.69) is 13.8 Å². The van der Waals surface area contributed by atoms with Gasteiger partial charge in [0.1, 0.15) is 0 Å². The lowest BCUT2D eigenvalue weighted by atomic mass is 9.95. The van der Waals surface area contributed by atoms with Crippen molar-refractivity contribution in [2.24, 2.45) is 5.41 Å². The summed E-state index contributed by atoms with van der Waals surface area (Å²) < 4.78 is 11.3. The van der Waals surface area contributed by atoms with E-state index in [0.717, 1.165) is 19.3 Å². The van der Waals surface area contributed by atoms with Crippen molar-refractivity contribution in [2.75, 3.05) is 13.2 Å². The van der Waals surface area contributed by atoms with E-state index in [4.69, 9.17) is 32.7 Å². The Balaban J connectivity index is 1.72. The van der Waals surface area contributed by atoms with Crippen LogP contribution in [0.5, 0.6) is 0 Å². The first-order valence-electron chi connectivity index (χ1n) is 7.59. The van der Waals surface area contributed by atoms with E-state index in [1.54, 1.807) is 18.2 Å². The SMILES string of the molecule is CC1(C)COC(CCCCC(=O)c2c(Cl)cccc2Cl)OC1. The molecule has 1 fully saturated rings. The predicted molar refractivity (Wildman–Crippen MR) is 88.7 cm³/mol. The number of ether oxygens (including phenoxy) is 2. The zero-order valence-corrected chi connectivity index (χ0v) is 14.5. The van der Waals surface area contributed by atoms with Crippen LogP contribution in [0.15, 0.2) is 18.2 Å². The maximum absolute atomic E-state index is 12.2. The first-order chi connectivity index (χ1) is 10.4. The summed E-state index contributed by atoms with van der Waals surface area (Å²) >= 11 is 12.1. The molecule has 0 N–H and O–H groups in total. The number of carbonyl (C=O) groups is 1. The molecule has 122 valence electrons. The average Bonchev–Trinajstić information content (AvgIpc) is 2.45. The highest BCUT2D eigenvalue weighted by molar-refractivity contribution is 6.39. The third kappa shape index (κ3) is 4.95. The second kappa shape index (κ2) is 7.78. The van der Waals surface area contributed by atoms with E-state index in [0.29, 0.717) is 35.2 Å². The number of benzene rings is 1. The molecule has 2 rings (SSSR count). The van der Waals surface area contributed by atoms with E-state index < -0.39 is 0 Å². The molecule has 0 saturated carbocycles. The lowest BCUT2D eigenvalue weighted by Gasteiger charge is -2.34. The van der Waals surface area contributed by atoms with Crippen LogP contribution in [0.2, 0.25) is 10.0 Å². The minimum atomic E-state index is -0.146. The zero-order chi connectivity index (χ0) is 16.2. The normalized spacial score (nSPS) is 18.4. The van der Waals surface area contributed by atoms with E-state index in [-0.39, 0.29) is 17.5 Å². The fraction of sp³-hybridized carbons (Fsp3) is 0.588. The molecule has 5 heteroatoms. The standard InChI is InChI=1S/C17H22Cl2O3/c1-17(2)10-21-15(22-11-17)9-4-3-8-14(20)16-12(18)6-5-7-13(16)19/h5-7,15H,3-4,8-11H2,1-2H3. The van der Waals surface area contributed by atoms with Gasteiger partial charge in [0.25, 0.3) is 0 Å². The molecule has 0 spiro atoms. The molecular weight excluding hydrogens is 323 g/mol. The molecule has 0 atom stereocenters. The molecule has 0 aliphatic carbocycles. The summed E-state index contributed by atoms with van der Waals surface area (Å²) in [5.41, 5.74) is 0.519. The van der Waals surface area contributed by atoms with Crippen LogP contribution in [0.25, 0.3) is 0 Å². The number of hydrogen-bond acceptors (Lipinski definition) is 3. The minimum absolute atomic E-state index is 0.0118. The largest absolute Gasteiger partial charge is 0.352 e. The highest BCUT2D eigenvalue weighted by atomic mass is 35.5. The summed E-state index contributed by atoms with van der Waals surface area (Å²) in [5, 5.41) is 0.831. The molecule has 0 bridgehead atoms. The van der Waals surface area contributed by atoms with E-state index >= 15 is 0 Å². The van der Waals surface area contributed by atoms with E-state index in [1.807, 2.05) is 0 Å². The molecule has 3 nitrogen and oxygen atoms in total. The van der Waals surface area contributed by atoms with Gasteiger partial charge in [0, 0.05) is 11.8 Å². The zero-order valence-electron chi connectivity index (χ0n) is 13.0. The Morgan fingerprint density at radius 3 is 2.36 bits per heavy atom. The summed E-state index contributed by atoms with van der Waals surface area (Å²) in [6.45, 7) is 5.67. The van der Waals surface area contributed by atoms with Crippen molar-refractivity contribution in [1.82, 2.24) is 0 Å². The molecule has 0 amide bonds. The highest BCUT2D eigenvalue weighted by Gasteiger charge is 2.27. The number of halogens is 2. The monoisotopic (exact) mass is 344 g/mol. The first-order valence-corrected chi connectivity index (χ1v) is 8.35. The van der Waals surface area contributed by atoms with Crippen LogP contribution in [-0.4, -0.2) is 25.3 Å². The first kappa shape index (κ1) is 17.7. The summed E-state index contributed by atoms with van der Waals surface area (Å²) in [6.07, 6.45) is 2.74. The van der Waals surface area contributed by atoms with Gasteiger partial charge in [-0.05, 0) is 31.4 Å². The molecule has 0 aromatic heterocycles. The van der Waals surface area contributed by atoms with Crippen molar-refractivity contribution < 1.29 is 14.3 Å². The van der Waals surface area contributed by atoms with Gasteiger partial charge in [-0.3, -0.25) is 4.79 Å². The molecule has 1 heterocycles. The minimum Gasteiger partial charge on any atom is -0.352 e. The van der Waals surface area contributed by atoms with Crippen LogP contribution in [0, 0.1) is 5.41 Å². The van der Waals surface area contributed by atoms with Gasteiger partial charge in [0.2, 0.25) is 0 Å². The van der Waals surface area contributed by atoms with Crippen molar-refractivity contribution in [2.45, 2.75) is 45.8 Å². The Kier molecular flexibility index (Phi) is 6.27. The average molecular weight is 345 g/mol. The van der Waals surface area contributed by atoms with Gasteiger partial charge in [-0.25, -0.2) is 0 Å². The number of carbonyl (C=O) groups excluding carboxylic acids is 1. The van der Waals surface area contributed by atoms with Gasteiger partial charge >= 0.3 is 0 Å². The number of Topliss-reactive ketones (excluding diaryl/α,β-unsaturated/α-hetero) is 1. The number of ketones is 1. The van der Waals surface area contributed by atoms with Crippen molar-refractivity contribution in [1.29, 1.82) is 0 Å². The Morgan fingerprint density at radius 1 is 1.18 bits per heavy atom. The third-order valence-electron chi connectivity index (χ3n) is 3.66. The maximum atomic E-state index is 12.2. The number of rotatable bonds is 6. The smallest absolute Gasteiger partial charge is 0.165 e. The van der Waals surface area contributed by atoms with E-state index in [1.165, 1.54) is 0 Å². The topological polar surface area (TPSA) is 35.5 Å². The lowest BCUT2D eigenvalue weighted by molar-refractivity contribution is -0.224. The molecular formula is C17H22Cl2O3. The molecule has 1 aliphatic rings. The van der Waals surface area contributed by atoms with Gasteiger partial charge < -0.3 is 9.47 Å². The second-order valence-corrected chi connectivity index (χ2v) is 7.30. The summed E-state index contributed by atoms with van der Waals surface area (Å²) in [6, 6.07) is 5.11. The van der Waals surface area contributed by atoms with Gasteiger partial charge in [0.15, 0.2) is 12.1 Å². The molecule has 22 heavy (non-hydrogen) atoms. The Morgan fingerprint density at radius 2 is 1.77 bits per heavy atom. The van der Waals surface area contributed by atoms with Crippen LogP contribution >= 0.6 is 23.2 Å². The fourth-order valence-electron chi connectivity index (χ4n) is 2.38. The van der Waals surface area contributed by atoms with Gasteiger partial charge in [0.05, 0.1) is 28.8 Å². The maximum Gasteiger partial charge on any atom is 0.165 e. The Hall–Kier alpha value is -0.610. The quantitative estimate of drug-likeness (QED) is 0.529. The summed E-state index contributed by atoms with van der Waals surface area (Å²) in [7, 11) is 0. The molecule has 0 radical (unpaired) electrons. The van der Waals surface area contributed by atoms with Crippen LogP contribution in [0.4, 0.5) is 0 Å². The summed E-state index contributed by atoms with van der Waals surface area (Å²) in [4.78, 5) is 12.2. The van der Waals surface area contributed by atoms with Gasteiger partial charge in [-0.1, -0.05) is 43.1 Å². The molecule has 0 unspecified atom stereocenters. The summed E-state index contributed by atoms with van der Waals surface area (Å²) in [5.74, 6) is -0.0118. The highest BCUT2D eigenvalue weighted by Crippen LogP contribution is 2.27. The van der Waals surface area contributed by atoms with Gasteiger partial charge in [-0.2, -0.15) is 0 Å². The van der Waals surface area contributed by atoms with Crippen molar-refractivity contribution in [3.8, 4) is 0 Å². The van der Waals surface area contributed by atoms with Crippen LogP contribution < -0.4 is 0 Å². The molecule has 1 aliphatic heterocycles. The Labute approximate surface area is 141 Å². The van der Waals surface area contributed by atoms with Crippen LogP contribution in [0.3, 0.4) is 0 Å². The van der Waals surface area contributed by atoms with Crippen molar-refractivity contribution in [3.05, 3.63) is 33.8 Å². The van der Waals surface area contributed by atoms with Crippen molar-refractivity contribution in [3.63, 3.8) is 0 Å². The van der Waals surface area contributed by atoms with Gasteiger partial charge in [-0.15, -0.1) is 0 Å². The number of unbranched alkanes of at least 4 members (excludes halogenated alkanes) is 1. The molecule has 1 saturated heterocycles. The second-order valence-electron chi connectivity index (χ2n) is 6.48. The van der Waals surface area contributed by atoms with Crippen LogP contribution in [-0.2, 0) is 9.47 Å². The van der Waals surface area contributed by atoms with E-state index in [9.17, 15) is 4.79 Å². The van der Waals surface area contributed by atoms with Crippen LogP contribution in [0.1, 0.15) is 49.9 Å². The fourth-order valence-corrected chi connectivity index (χ4v) is 2.99. The molecule has 1 aromatic rings.